The smallest absolute Gasteiger partial charge is 0.231 e. The summed E-state index contributed by atoms with van der Waals surface area (Å²) in [5.41, 5.74) is 1.92. The van der Waals surface area contributed by atoms with Crippen LogP contribution in [0.1, 0.15) is 24.2 Å². The van der Waals surface area contributed by atoms with Crippen LogP contribution >= 0.6 is 24.0 Å². The van der Waals surface area contributed by atoms with E-state index >= 15 is 0 Å². The fourth-order valence-electron chi connectivity index (χ4n) is 2.66. The van der Waals surface area contributed by atoms with Crippen molar-refractivity contribution >= 4 is 24.0 Å². The number of aliphatic hydroxyl groups excluding tert-OH is 1. The lowest BCUT2D eigenvalue weighted by Gasteiger charge is -2.18. The van der Waals surface area contributed by atoms with Crippen LogP contribution in [-0.4, -0.2) is 24.5 Å². The van der Waals surface area contributed by atoms with Crippen molar-refractivity contribution in [2.45, 2.75) is 25.5 Å². The summed E-state index contributed by atoms with van der Waals surface area (Å²) < 4.78 is 10.7. The van der Waals surface area contributed by atoms with E-state index in [1.807, 2.05) is 36.4 Å². The minimum Gasteiger partial charge on any atom is -0.454 e. The lowest BCUT2D eigenvalue weighted by molar-refractivity contribution is 0.170. The molecule has 130 valence electrons. The summed E-state index contributed by atoms with van der Waals surface area (Å²) in [4.78, 5) is 0. The molecule has 2 atom stereocenters. The van der Waals surface area contributed by atoms with Crippen LogP contribution in [0.25, 0.3) is 0 Å². The van der Waals surface area contributed by atoms with Crippen molar-refractivity contribution in [1.82, 2.24) is 5.32 Å². The van der Waals surface area contributed by atoms with E-state index in [0.717, 1.165) is 23.5 Å². The number of halogens is 2. The zero-order valence-corrected chi connectivity index (χ0v) is 14.9. The Morgan fingerprint density at radius 1 is 1.17 bits per heavy atom. The van der Waals surface area contributed by atoms with Gasteiger partial charge in [0, 0.05) is 23.2 Å². The van der Waals surface area contributed by atoms with Gasteiger partial charge in [-0.25, -0.2) is 0 Å². The maximum absolute atomic E-state index is 10.3. The Kier molecular flexibility index (Phi) is 6.75. The third kappa shape index (κ3) is 4.54. The molecule has 0 bridgehead atoms. The van der Waals surface area contributed by atoms with Crippen molar-refractivity contribution in [3.63, 3.8) is 0 Å². The summed E-state index contributed by atoms with van der Waals surface area (Å²) >= 11 is 6.10. The van der Waals surface area contributed by atoms with Gasteiger partial charge in [-0.3, -0.25) is 0 Å². The van der Waals surface area contributed by atoms with Crippen molar-refractivity contribution in [2.24, 2.45) is 0 Å². The molecule has 0 amide bonds. The third-order valence-electron chi connectivity index (χ3n) is 3.90. The first-order chi connectivity index (χ1) is 11.1. The predicted molar refractivity (Wildman–Crippen MR) is 97.4 cm³/mol. The third-order valence-corrected chi connectivity index (χ3v) is 4.25. The highest BCUT2D eigenvalue weighted by molar-refractivity contribution is 6.31. The van der Waals surface area contributed by atoms with Gasteiger partial charge < -0.3 is 19.9 Å². The van der Waals surface area contributed by atoms with Crippen molar-refractivity contribution in [2.75, 3.05) is 13.3 Å². The van der Waals surface area contributed by atoms with E-state index in [4.69, 9.17) is 21.1 Å². The Morgan fingerprint density at radius 3 is 2.71 bits per heavy atom. The molecule has 1 aliphatic heterocycles. The summed E-state index contributed by atoms with van der Waals surface area (Å²) in [6.07, 6.45) is 0.217. The zero-order chi connectivity index (χ0) is 16.2. The summed E-state index contributed by atoms with van der Waals surface area (Å²) in [5.74, 6) is 1.59. The molecule has 0 spiro atoms. The van der Waals surface area contributed by atoms with E-state index in [1.54, 1.807) is 6.07 Å². The van der Waals surface area contributed by atoms with E-state index in [1.165, 1.54) is 5.56 Å². The van der Waals surface area contributed by atoms with Gasteiger partial charge in [-0.05, 0) is 37.1 Å². The molecule has 6 heteroatoms. The average molecular weight is 370 g/mol. The van der Waals surface area contributed by atoms with Gasteiger partial charge in [0.2, 0.25) is 6.79 Å². The molecule has 0 saturated carbocycles. The number of nitrogens with one attached hydrogen (secondary N) is 1. The molecule has 2 N–H and O–H groups in total. The maximum atomic E-state index is 10.3. The Hall–Kier alpha value is -1.46. The first-order valence-corrected chi connectivity index (χ1v) is 8.05. The molecule has 3 rings (SSSR count). The standard InChI is InChI=1S/C18H20ClNO3.ClH/c1-12(8-13-6-7-17-18(9-13)23-11-22-17)20-10-16(21)14-4-2-3-5-15(14)19;/h2-7,9,12,16,20-21H,8,10-11H2,1H3;1H. The normalized spacial score (nSPS) is 14.8. The molecule has 0 radical (unpaired) electrons. The molecule has 1 heterocycles. The molecule has 2 unspecified atom stereocenters. The number of hydrogen-bond acceptors (Lipinski definition) is 4. The van der Waals surface area contributed by atoms with Gasteiger partial charge in [-0.1, -0.05) is 35.9 Å². The fourth-order valence-corrected chi connectivity index (χ4v) is 2.92. The second-order valence-corrected chi connectivity index (χ2v) is 6.15. The van der Waals surface area contributed by atoms with Crippen LogP contribution in [0.3, 0.4) is 0 Å². The van der Waals surface area contributed by atoms with Crippen LogP contribution in [0.4, 0.5) is 0 Å². The zero-order valence-electron chi connectivity index (χ0n) is 13.4. The summed E-state index contributed by atoms with van der Waals surface area (Å²) in [5, 5.41) is 14.2. The van der Waals surface area contributed by atoms with Crippen LogP contribution in [0, 0.1) is 0 Å². The highest BCUT2D eigenvalue weighted by atomic mass is 35.5. The monoisotopic (exact) mass is 369 g/mol. The van der Waals surface area contributed by atoms with Crippen molar-refractivity contribution in [1.29, 1.82) is 0 Å². The molecule has 1 aliphatic rings. The van der Waals surface area contributed by atoms with E-state index in [0.29, 0.717) is 11.6 Å². The largest absolute Gasteiger partial charge is 0.454 e. The number of rotatable bonds is 6. The minimum atomic E-state index is -0.622. The molecule has 2 aromatic rings. The molecule has 0 aliphatic carbocycles. The van der Waals surface area contributed by atoms with Gasteiger partial charge in [-0.15, -0.1) is 12.4 Å². The Balaban J connectivity index is 0.00000208. The molecule has 24 heavy (non-hydrogen) atoms. The summed E-state index contributed by atoms with van der Waals surface area (Å²) in [6, 6.07) is 13.6. The van der Waals surface area contributed by atoms with E-state index < -0.39 is 6.10 Å². The lowest BCUT2D eigenvalue weighted by Crippen LogP contribution is -2.32. The second kappa shape index (κ2) is 8.58. The van der Waals surface area contributed by atoms with Gasteiger partial charge in [0.15, 0.2) is 11.5 Å². The molecule has 4 nitrogen and oxygen atoms in total. The molecule has 0 saturated heterocycles. The maximum Gasteiger partial charge on any atom is 0.231 e. The highest BCUT2D eigenvalue weighted by Gasteiger charge is 2.15. The van der Waals surface area contributed by atoms with E-state index in [9.17, 15) is 5.11 Å². The number of fused-ring (bicyclic) bond motifs is 1. The molecule has 0 aromatic heterocycles. The quantitative estimate of drug-likeness (QED) is 0.813. The Morgan fingerprint density at radius 2 is 1.92 bits per heavy atom. The SMILES string of the molecule is CC(Cc1ccc2c(c1)OCO2)NCC(O)c1ccccc1Cl.Cl. The number of ether oxygens (including phenoxy) is 2. The van der Waals surface area contributed by atoms with Crippen molar-refractivity contribution in [3.05, 3.63) is 58.6 Å². The van der Waals surface area contributed by atoms with E-state index in [-0.39, 0.29) is 25.2 Å². The number of benzene rings is 2. The molecular weight excluding hydrogens is 349 g/mol. The average Bonchev–Trinajstić information content (AvgIpc) is 3.01. The fraction of sp³-hybridized carbons (Fsp3) is 0.333. The van der Waals surface area contributed by atoms with Crippen LogP contribution in [0.2, 0.25) is 5.02 Å². The Bertz CT molecular complexity index is 681. The van der Waals surface area contributed by atoms with Crippen LogP contribution in [-0.2, 0) is 6.42 Å². The molecule has 2 aromatic carbocycles. The van der Waals surface area contributed by atoms with Gasteiger partial charge in [-0.2, -0.15) is 0 Å². The van der Waals surface area contributed by atoms with Crippen LogP contribution < -0.4 is 14.8 Å². The van der Waals surface area contributed by atoms with Gasteiger partial charge in [0.25, 0.3) is 0 Å². The van der Waals surface area contributed by atoms with Gasteiger partial charge in [0.1, 0.15) is 0 Å². The summed E-state index contributed by atoms with van der Waals surface area (Å²) in [7, 11) is 0. The first kappa shape index (κ1) is 18.9. The van der Waals surface area contributed by atoms with Crippen molar-refractivity contribution in [3.8, 4) is 11.5 Å². The first-order valence-electron chi connectivity index (χ1n) is 7.68. The highest BCUT2D eigenvalue weighted by Crippen LogP contribution is 2.32. The lowest BCUT2D eigenvalue weighted by atomic mass is 10.1. The van der Waals surface area contributed by atoms with Gasteiger partial charge in [0.05, 0.1) is 6.10 Å². The Labute approximate surface area is 153 Å². The number of aliphatic hydroxyl groups is 1. The van der Waals surface area contributed by atoms with Gasteiger partial charge >= 0.3 is 0 Å². The molecular formula is C18H21Cl2NO3. The predicted octanol–water partition coefficient (Wildman–Crippen LogP) is 3.74. The van der Waals surface area contributed by atoms with Crippen molar-refractivity contribution < 1.29 is 14.6 Å². The molecule has 0 fully saturated rings. The van der Waals surface area contributed by atoms with Crippen LogP contribution in [0.5, 0.6) is 11.5 Å². The topological polar surface area (TPSA) is 50.7 Å². The minimum absolute atomic E-state index is 0. The van der Waals surface area contributed by atoms with E-state index in [2.05, 4.69) is 12.2 Å². The summed E-state index contributed by atoms with van der Waals surface area (Å²) in [6.45, 7) is 2.83. The second-order valence-electron chi connectivity index (χ2n) is 5.74. The van der Waals surface area contributed by atoms with Crippen LogP contribution in [0.15, 0.2) is 42.5 Å². The number of hydrogen-bond donors (Lipinski definition) is 2.